The van der Waals surface area contributed by atoms with Crippen LogP contribution in [0.25, 0.3) is 0 Å². The van der Waals surface area contributed by atoms with Crippen LogP contribution in [0.2, 0.25) is 0 Å². The molecule has 0 spiro atoms. The predicted molar refractivity (Wildman–Crippen MR) is 81.0 cm³/mol. The number of amides is 1. The Hall–Kier alpha value is -0.960. The van der Waals surface area contributed by atoms with Crippen LogP contribution in [0.5, 0.6) is 0 Å². The normalized spacial score (nSPS) is 18.3. The largest absolute Gasteiger partial charge is 0.381 e. The number of halogens is 1. The van der Waals surface area contributed by atoms with Crippen LogP contribution in [0, 0.1) is 5.41 Å². The summed E-state index contributed by atoms with van der Waals surface area (Å²) in [7, 11) is -3.68. The average Bonchev–Trinajstić information content (AvgIpc) is 2.46. The number of carbonyl (C=O) groups is 1. The number of benzene rings is 1. The minimum atomic E-state index is -3.68. The Balaban J connectivity index is 2.15. The fraction of sp³-hybridized carbons (Fsp3) is 0.462. The van der Waals surface area contributed by atoms with Crippen molar-refractivity contribution >= 4 is 31.9 Å². The second-order valence-corrected chi connectivity index (χ2v) is 7.72. The van der Waals surface area contributed by atoms with Gasteiger partial charge in [-0.05, 0) is 31.0 Å². The van der Waals surface area contributed by atoms with E-state index in [1.54, 1.807) is 12.1 Å². The van der Waals surface area contributed by atoms with Gasteiger partial charge in [-0.25, -0.2) is 13.1 Å². The SMILES string of the molecule is NC(=O)C1(CNS(=O)(=O)c2cccc(Br)c2)CCOCC1. The molecule has 0 saturated carbocycles. The van der Waals surface area contributed by atoms with Gasteiger partial charge >= 0.3 is 0 Å². The van der Waals surface area contributed by atoms with Gasteiger partial charge in [0.15, 0.2) is 0 Å². The summed E-state index contributed by atoms with van der Waals surface area (Å²) in [6.07, 6.45) is 0.840. The molecule has 1 aromatic carbocycles. The number of sulfonamides is 1. The molecule has 0 aromatic heterocycles. The van der Waals surface area contributed by atoms with Crippen molar-refractivity contribution in [3.63, 3.8) is 0 Å². The second-order valence-electron chi connectivity index (χ2n) is 5.04. The number of hydrogen-bond donors (Lipinski definition) is 2. The smallest absolute Gasteiger partial charge is 0.240 e. The number of carbonyl (C=O) groups excluding carboxylic acids is 1. The predicted octanol–water partition coefficient (Wildman–Crippen LogP) is 1.01. The third-order valence-electron chi connectivity index (χ3n) is 3.68. The molecule has 0 radical (unpaired) electrons. The maximum Gasteiger partial charge on any atom is 0.240 e. The number of rotatable bonds is 5. The zero-order valence-corrected chi connectivity index (χ0v) is 13.7. The minimum absolute atomic E-state index is 0.0134. The topological polar surface area (TPSA) is 98.5 Å². The standard InChI is InChI=1S/C13H17BrN2O4S/c14-10-2-1-3-11(8-10)21(18,19)16-9-13(12(15)17)4-6-20-7-5-13/h1-3,8,16H,4-7,9H2,(H2,15,17). The molecule has 8 heteroatoms. The van der Waals surface area contributed by atoms with Gasteiger partial charge in [0.25, 0.3) is 0 Å². The maximum atomic E-state index is 12.3. The minimum Gasteiger partial charge on any atom is -0.381 e. The Morgan fingerprint density at radius 2 is 2.05 bits per heavy atom. The lowest BCUT2D eigenvalue weighted by molar-refractivity contribution is -0.132. The van der Waals surface area contributed by atoms with Gasteiger partial charge in [-0.2, -0.15) is 0 Å². The van der Waals surface area contributed by atoms with Crippen LogP contribution >= 0.6 is 15.9 Å². The molecule has 21 heavy (non-hydrogen) atoms. The molecule has 0 atom stereocenters. The molecule has 0 unspecified atom stereocenters. The van der Waals surface area contributed by atoms with Gasteiger partial charge in [0, 0.05) is 24.2 Å². The number of nitrogens with two attached hydrogens (primary N) is 1. The van der Waals surface area contributed by atoms with Gasteiger partial charge in [0.1, 0.15) is 0 Å². The van der Waals surface area contributed by atoms with E-state index in [9.17, 15) is 13.2 Å². The summed E-state index contributed by atoms with van der Waals surface area (Å²) in [6, 6.07) is 6.37. The van der Waals surface area contributed by atoms with Crippen LogP contribution in [0.4, 0.5) is 0 Å². The van der Waals surface area contributed by atoms with Crippen LogP contribution < -0.4 is 10.5 Å². The Bertz CT molecular complexity index is 627. The second kappa shape index (κ2) is 6.43. The van der Waals surface area contributed by atoms with Gasteiger partial charge in [0.2, 0.25) is 15.9 Å². The highest BCUT2D eigenvalue weighted by Gasteiger charge is 2.39. The number of ether oxygens (including phenoxy) is 1. The van der Waals surface area contributed by atoms with Crippen molar-refractivity contribution in [3.05, 3.63) is 28.7 Å². The van der Waals surface area contributed by atoms with Gasteiger partial charge in [-0.1, -0.05) is 22.0 Å². The first kappa shape index (κ1) is 16.4. The summed E-state index contributed by atoms with van der Waals surface area (Å²) in [5.74, 6) is -0.497. The van der Waals surface area contributed by atoms with Gasteiger partial charge in [-0.15, -0.1) is 0 Å². The zero-order valence-electron chi connectivity index (χ0n) is 11.3. The van der Waals surface area contributed by atoms with E-state index in [4.69, 9.17) is 10.5 Å². The highest BCUT2D eigenvalue weighted by Crippen LogP contribution is 2.30. The molecule has 2 rings (SSSR count). The third kappa shape index (κ3) is 3.82. The first-order valence-corrected chi connectivity index (χ1v) is 8.76. The molecule has 1 heterocycles. The fourth-order valence-electron chi connectivity index (χ4n) is 2.22. The Labute approximate surface area is 132 Å². The number of hydrogen-bond acceptors (Lipinski definition) is 4. The Kier molecular flexibility index (Phi) is 5.03. The molecule has 116 valence electrons. The molecule has 1 fully saturated rings. The summed E-state index contributed by atoms with van der Waals surface area (Å²) >= 11 is 3.23. The molecular weight excluding hydrogens is 360 g/mol. The van der Waals surface area contributed by atoms with E-state index in [-0.39, 0.29) is 11.4 Å². The molecule has 6 nitrogen and oxygen atoms in total. The Morgan fingerprint density at radius 1 is 1.38 bits per heavy atom. The molecule has 0 aliphatic carbocycles. The van der Waals surface area contributed by atoms with Gasteiger partial charge < -0.3 is 10.5 Å². The Morgan fingerprint density at radius 3 is 2.62 bits per heavy atom. The van der Waals surface area contributed by atoms with Crippen molar-refractivity contribution in [3.8, 4) is 0 Å². The van der Waals surface area contributed by atoms with Crippen molar-refractivity contribution < 1.29 is 17.9 Å². The molecule has 1 aromatic rings. The summed E-state index contributed by atoms with van der Waals surface area (Å²) in [4.78, 5) is 11.9. The van der Waals surface area contributed by atoms with Crippen molar-refractivity contribution in [2.45, 2.75) is 17.7 Å². The van der Waals surface area contributed by atoms with Crippen LogP contribution in [-0.2, 0) is 19.6 Å². The summed E-state index contributed by atoms with van der Waals surface area (Å²) in [5, 5.41) is 0. The van der Waals surface area contributed by atoms with E-state index in [2.05, 4.69) is 20.7 Å². The highest BCUT2D eigenvalue weighted by atomic mass is 79.9. The van der Waals surface area contributed by atoms with Crippen LogP contribution in [0.3, 0.4) is 0 Å². The lowest BCUT2D eigenvalue weighted by Gasteiger charge is -2.34. The van der Waals surface area contributed by atoms with Crippen molar-refractivity contribution in [1.82, 2.24) is 4.72 Å². The quantitative estimate of drug-likeness (QED) is 0.800. The lowest BCUT2D eigenvalue weighted by atomic mass is 9.80. The molecule has 1 amide bonds. The summed E-state index contributed by atoms with van der Waals surface area (Å²) in [5.41, 5.74) is 4.58. The third-order valence-corrected chi connectivity index (χ3v) is 5.57. The number of primary amides is 1. The molecular formula is C13H17BrN2O4S. The van der Waals surface area contributed by atoms with E-state index in [1.165, 1.54) is 12.1 Å². The lowest BCUT2D eigenvalue weighted by Crippen LogP contribution is -2.49. The first-order valence-electron chi connectivity index (χ1n) is 6.49. The maximum absolute atomic E-state index is 12.3. The fourth-order valence-corrected chi connectivity index (χ4v) is 3.95. The average molecular weight is 377 g/mol. The summed E-state index contributed by atoms with van der Waals surface area (Å²) in [6.45, 7) is 0.795. The van der Waals surface area contributed by atoms with E-state index < -0.39 is 21.3 Å². The highest BCUT2D eigenvalue weighted by molar-refractivity contribution is 9.10. The number of nitrogens with one attached hydrogen (secondary N) is 1. The van der Waals surface area contributed by atoms with Crippen LogP contribution in [0.1, 0.15) is 12.8 Å². The zero-order chi connectivity index (χ0) is 15.5. The van der Waals surface area contributed by atoms with Gasteiger partial charge in [0.05, 0.1) is 10.3 Å². The van der Waals surface area contributed by atoms with Crippen molar-refractivity contribution in [2.75, 3.05) is 19.8 Å². The van der Waals surface area contributed by atoms with E-state index in [0.717, 1.165) is 0 Å². The molecule has 1 aliphatic rings. The van der Waals surface area contributed by atoms with E-state index in [1.807, 2.05) is 0 Å². The first-order chi connectivity index (χ1) is 9.86. The van der Waals surface area contributed by atoms with Crippen molar-refractivity contribution in [2.24, 2.45) is 11.1 Å². The van der Waals surface area contributed by atoms with Crippen LogP contribution in [-0.4, -0.2) is 34.1 Å². The van der Waals surface area contributed by atoms with Crippen molar-refractivity contribution in [1.29, 1.82) is 0 Å². The summed E-state index contributed by atoms with van der Waals surface area (Å²) < 4.78 is 32.9. The van der Waals surface area contributed by atoms with Crippen LogP contribution in [0.15, 0.2) is 33.6 Å². The van der Waals surface area contributed by atoms with E-state index in [0.29, 0.717) is 30.5 Å². The van der Waals surface area contributed by atoms with E-state index >= 15 is 0 Å². The molecule has 1 saturated heterocycles. The van der Waals surface area contributed by atoms with Gasteiger partial charge in [-0.3, -0.25) is 4.79 Å². The monoisotopic (exact) mass is 376 g/mol. The molecule has 0 bridgehead atoms. The molecule has 1 aliphatic heterocycles. The molecule has 3 N–H and O–H groups in total.